The molecule has 1 saturated heterocycles. The van der Waals surface area contributed by atoms with Crippen LogP contribution in [-0.4, -0.2) is 28.9 Å². The summed E-state index contributed by atoms with van der Waals surface area (Å²) in [5.74, 6) is -0.824. The number of anilines is 1. The Hall–Kier alpha value is -2.31. The summed E-state index contributed by atoms with van der Waals surface area (Å²) in [7, 11) is 0. The number of aromatic nitrogens is 1. The van der Waals surface area contributed by atoms with E-state index in [9.17, 15) is 9.18 Å². The first-order chi connectivity index (χ1) is 13.5. The van der Waals surface area contributed by atoms with Gasteiger partial charge in [-0.05, 0) is 84.2 Å². The average molecular weight is 442 g/mol. The molecule has 0 spiro atoms. The Kier molecular flexibility index (Phi) is 5.42. The van der Waals surface area contributed by atoms with Crippen molar-refractivity contribution in [3.05, 3.63) is 69.6 Å². The minimum atomic E-state index is -0.463. The first kappa shape index (κ1) is 19.0. The summed E-state index contributed by atoms with van der Waals surface area (Å²) in [6.45, 7) is 5.16. The fourth-order valence-electron chi connectivity index (χ4n) is 3.68. The van der Waals surface area contributed by atoms with Crippen LogP contribution >= 0.6 is 15.9 Å². The van der Waals surface area contributed by atoms with Crippen LogP contribution in [0.4, 0.5) is 10.1 Å². The second-order valence-corrected chi connectivity index (χ2v) is 7.99. The van der Waals surface area contributed by atoms with Gasteiger partial charge in [0.15, 0.2) is 0 Å². The molecule has 6 heteroatoms. The SMILES string of the molecule is Cc1c(NC(=O)c2cccc(F)c2Br)ccc2cc(CN3CCCC3)cnc12. The predicted octanol–water partition coefficient (Wildman–Crippen LogP) is 5.29. The standard InChI is InChI=1S/C22H21BrFN3O/c1-14-19(26-22(28)17-5-4-6-18(24)20(17)23)8-7-16-11-15(12-25-21(14)16)13-27-9-2-3-10-27/h4-8,11-12H,2-3,9-10,13H2,1H3,(H,26,28). The fraction of sp³-hybridized carbons (Fsp3) is 0.273. The van der Waals surface area contributed by atoms with Crippen molar-refractivity contribution in [1.29, 1.82) is 0 Å². The highest BCUT2D eigenvalue weighted by Gasteiger charge is 2.16. The van der Waals surface area contributed by atoms with E-state index in [-0.39, 0.29) is 15.9 Å². The number of hydrogen-bond donors (Lipinski definition) is 1. The number of pyridine rings is 1. The average Bonchev–Trinajstić information content (AvgIpc) is 3.19. The molecule has 2 aromatic carbocycles. The lowest BCUT2D eigenvalue weighted by Gasteiger charge is -2.15. The molecule has 28 heavy (non-hydrogen) atoms. The molecular formula is C22H21BrFN3O. The summed E-state index contributed by atoms with van der Waals surface area (Å²) in [4.78, 5) is 19.7. The van der Waals surface area contributed by atoms with Crippen molar-refractivity contribution in [2.45, 2.75) is 26.3 Å². The van der Waals surface area contributed by atoms with Gasteiger partial charge in [-0.15, -0.1) is 0 Å². The first-order valence-corrected chi connectivity index (χ1v) is 10.2. The topological polar surface area (TPSA) is 45.2 Å². The number of rotatable bonds is 4. The number of benzene rings is 2. The van der Waals surface area contributed by atoms with Crippen LogP contribution in [0.5, 0.6) is 0 Å². The van der Waals surface area contributed by atoms with Crippen LogP contribution in [-0.2, 0) is 6.54 Å². The van der Waals surface area contributed by atoms with Crippen molar-refractivity contribution >= 4 is 38.4 Å². The van der Waals surface area contributed by atoms with E-state index in [1.54, 1.807) is 6.07 Å². The van der Waals surface area contributed by atoms with Crippen molar-refractivity contribution in [3.63, 3.8) is 0 Å². The lowest BCUT2D eigenvalue weighted by Crippen LogP contribution is -2.18. The van der Waals surface area contributed by atoms with E-state index in [4.69, 9.17) is 0 Å². The van der Waals surface area contributed by atoms with Gasteiger partial charge in [0.05, 0.1) is 15.6 Å². The molecule has 0 aliphatic carbocycles. The number of nitrogens with zero attached hydrogens (tertiary/aromatic N) is 2. The van der Waals surface area contributed by atoms with E-state index in [2.05, 4.69) is 37.2 Å². The summed E-state index contributed by atoms with van der Waals surface area (Å²) in [5, 5.41) is 3.93. The maximum absolute atomic E-state index is 13.7. The third kappa shape index (κ3) is 3.80. The Morgan fingerprint density at radius 3 is 2.82 bits per heavy atom. The van der Waals surface area contributed by atoms with Crippen LogP contribution < -0.4 is 5.32 Å². The summed E-state index contributed by atoms with van der Waals surface area (Å²) >= 11 is 3.14. The van der Waals surface area contributed by atoms with E-state index < -0.39 is 5.82 Å². The van der Waals surface area contributed by atoms with Gasteiger partial charge in [-0.1, -0.05) is 12.1 Å². The van der Waals surface area contributed by atoms with Gasteiger partial charge in [0.1, 0.15) is 5.82 Å². The monoisotopic (exact) mass is 441 g/mol. The zero-order valence-corrected chi connectivity index (χ0v) is 17.2. The molecule has 1 aliphatic heterocycles. The van der Waals surface area contributed by atoms with Gasteiger partial charge in [-0.2, -0.15) is 0 Å². The van der Waals surface area contributed by atoms with Gasteiger partial charge < -0.3 is 5.32 Å². The van der Waals surface area contributed by atoms with Crippen molar-refractivity contribution < 1.29 is 9.18 Å². The molecule has 0 radical (unpaired) electrons. The molecule has 1 aromatic heterocycles. The molecule has 1 aliphatic rings. The lowest BCUT2D eigenvalue weighted by atomic mass is 10.1. The number of aryl methyl sites for hydroxylation is 1. The van der Waals surface area contributed by atoms with Crippen LogP contribution in [0, 0.1) is 12.7 Å². The quantitative estimate of drug-likeness (QED) is 0.597. The number of hydrogen-bond acceptors (Lipinski definition) is 3. The summed E-state index contributed by atoms with van der Waals surface area (Å²) in [5.41, 5.74) is 3.89. The first-order valence-electron chi connectivity index (χ1n) is 9.39. The zero-order valence-electron chi connectivity index (χ0n) is 15.6. The second-order valence-electron chi connectivity index (χ2n) is 7.19. The van der Waals surface area contributed by atoms with Crippen LogP contribution in [0.2, 0.25) is 0 Å². The van der Waals surface area contributed by atoms with Gasteiger partial charge in [0, 0.05) is 23.8 Å². The number of amides is 1. The van der Waals surface area contributed by atoms with Gasteiger partial charge in [-0.3, -0.25) is 14.7 Å². The summed E-state index contributed by atoms with van der Waals surface area (Å²) in [6, 6.07) is 10.4. The maximum Gasteiger partial charge on any atom is 0.256 e. The smallest absolute Gasteiger partial charge is 0.256 e. The molecule has 1 amide bonds. The fourth-order valence-corrected chi connectivity index (χ4v) is 4.13. The van der Waals surface area contributed by atoms with Crippen molar-refractivity contribution in [2.75, 3.05) is 18.4 Å². The van der Waals surface area contributed by atoms with Crippen molar-refractivity contribution in [3.8, 4) is 0 Å². The van der Waals surface area contributed by atoms with Gasteiger partial charge in [0.2, 0.25) is 0 Å². The van der Waals surface area contributed by atoms with E-state index in [0.717, 1.165) is 36.1 Å². The Morgan fingerprint density at radius 1 is 1.25 bits per heavy atom. The van der Waals surface area contributed by atoms with Crippen LogP contribution in [0.25, 0.3) is 10.9 Å². The minimum absolute atomic E-state index is 0.163. The Bertz CT molecular complexity index is 1050. The zero-order chi connectivity index (χ0) is 19.7. The predicted molar refractivity (Wildman–Crippen MR) is 113 cm³/mol. The summed E-state index contributed by atoms with van der Waals surface area (Å²) in [6.07, 6.45) is 4.46. The molecule has 3 aromatic rings. The normalized spacial score (nSPS) is 14.5. The van der Waals surface area contributed by atoms with Crippen LogP contribution in [0.15, 0.2) is 47.1 Å². The number of nitrogens with one attached hydrogen (secondary N) is 1. The largest absolute Gasteiger partial charge is 0.322 e. The molecule has 4 rings (SSSR count). The third-order valence-electron chi connectivity index (χ3n) is 5.21. The molecule has 0 saturated carbocycles. The molecular weight excluding hydrogens is 421 g/mol. The highest BCUT2D eigenvalue weighted by atomic mass is 79.9. The molecule has 0 bridgehead atoms. The van der Waals surface area contributed by atoms with Gasteiger partial charge >= 0.3 is 0 Å². The Balaban J connectivity index is 1.59. The van der Waals surface area contributed by atoms with E-state index >= 15 is 0 Å². The maximum atomic E-state index is 13.7. The van der Waals surface area contributed by atoms with Crippen LogP contribution in [0.3, 0.4) is 0 Å². The van der Waals surface area contributed by atoms with E-state index in [0.29, 0.717) is 5.69 Å². The van der Waals surface area contributed by atoms with E-state index in [1.807, 2.05) is 25.3 Å². The number of fused-ring (bicyclic) bond motifs is 1. The van der Waals surface area contributed by atoms with Crippen molar-refractivity contribution in [1.82, 2.24) is 9.88 Å². The second kappa shape index (κ2) is 7.97. The molecule has 0 atom stereocenters. The van der Waals surface area contributed by atoms with Gasteiger partial charge in [-0.25, -0.2) is 4.39 Å². The molecule has 1 N–H and O–H groups in total. The number of carbonyl (C=O) groups is 1. The van der Waals surface area contributed by atoms with Crippen LogP contribution in [0.1, 0.15) is 34.3 Å². The highest BCUT2D eigenvalue weighted by Crippen LogP contribution is 2.27. The highest BCUT2D eigenvalue weighted by molar-refractivity contribution is 9.10. The number of carbonyl (C=O) groups excluding carboxylic acids is 1. The number of likely N-dealkylation sites (tertiary alicyclic amines) is 1. The molecule has 0 unspecified atom stereocenters. The van der Waals surface area contributed by atoms with Gasteiger partial charge in [0.25, 0.3) is 5.91 Å². The molecule has 1 fully saturated rings. The Morgan fingerprint density at radius 2 is 2.04 bits per heavy atom. The third-order valence-corrected chi connectivity index (χ3v) is 6.02. The lowest BCUT2D eigenvalue weighted by molar-refractivity contribution is 0.102. The van der Waals surface area contributed by atoms with Crippen molar-refractivity contribution in [2.24, 2.45) is 0 Å². The summed E-state index contributed by atoms with van der Waals surface area (Å²) < 4.78 is 13.9. The molecule has 4 nitrogen and oxygen atoms in total. The van der Waals surface area contributed by atoms with E-state index in [1.165, 1.54) is 30.5 Å². The molecule has 2 heterocycles. The molecule has 144 valence electrons. The minimum Gasteiger partial charge on any atom is -0.322 e. The Labute approximate surface area is 171 Å². The number of halogens is 2.